The Morgan fingerprint density at radius 3 is 2.26 bits per heavy atom. The average Bonchev–Trinajstić information content (AvgIpc) is 3.50. The lowest BCUT2D eigenvalue weighted by molar-refractivity contribution is -0.908. The number of aryl methyl sites for hydroxylation is 1. The molecule has 0 bridgehead atoms. The second-order valence-electron chi connectivity index (χ2n) is 8.80. The van der Waals surface area contributed by atoms with E-state index in [9.17, 15) is 4.79 Å². The van der Waals surface area contributed by atoms with Crippen molar-refractivity contribution in [3.63, 3.8) is 0 Å². The Kier molecular flexibility index (Phi) is 7.21. The van der Waals surface area contributed by atoms with Crippen LogP contribution in [0.5, 0.6) is 0 Å². The van der Waals surface area contributed by atoms with Crippen LogP contribution in [0.3, 0.4) is 0 Å². The van der Waals surface area contributed by atoms with Crippen LogP contribution in [0.1, 0.15) is 35.5 Å². The van der Waals surface area contributed by atoms with E-state index in [1.807, 2.05) is 36.1 Å². The van der Waals surface area contributed by atoms with E-state index in [2.05, 4.69) is 48.5 Å². The van der Waals surface area contributed by atoms with Crippen LogP contribution in [0, 0.1) is 12.8 Å². The number of nitrogens with zero attached hydrogens (tertiary/aromatic N) is 1. The van der Waals surface area contributed by atoms with Crippen LogP contribution in [0.4, 0.5) is 0 Å². The summed E-state index contributed by atoms with van der Waals surface area (Å²) in [5.74, 6) is 2.72. The van der Waals surface area contributed by atoms with E-state index in [-0.39, 0.29) is 5.91 Å². The molecule has 162 valence electrons. The van der Waals surface area contributed by atoms with E-state index in [1.54, 1.807) is 0 Å². The number of hydrogen-bond acceptors (Lipinski definition) is 2. The number of carbonyl (C=O) groups excluding carboxylic acids is 1. The van der Waals surface area contributed by atoms with Gasteiger partial charge >= 0.3 is 0 Å². The van der Waals surface area contributed by atoms with Gasteiger partial charge in [0.25, 0.3) is 5.91 Å². The zero-order valence-electron chi connectivity index (χ0n) is 18.4. The maximum Gasteiger partial charge on any atom is 0.278 e. The molecule has 0 radical (unpaired) electrons. The van der Waals surface area contributed by atoms with Crippen molar-refractivity contribution < 1.29 is 14.1 Å². The average molecular weight is 418 g/mol. The van der Waals surface area contributed by atoms with Crippen molar-refractivity contribution in [2.45, 2.75) is 39.3 Å². The third-order valence-corrected chi connectivity index (χ3v) is 5.98. The molecule has 3 aromatic rings. The Morgan fingerprint density at radius 1 is 0.968 bits per heavy atom. The summed E-state index contributed by atoms with van der Waals surface area (Å²) in [7, 11) is 0. The van der Waals surface area contributed by atoms with Gasteiger partial charge in [0.2, 0.25) is 0 Å². The van der Waals surface area contributed by atoms with E-state index in [4.69, 9.17) is 4.42 Å². The maximum absolute atomic E-state index is 13.4. The minimum Gasteiger partial charge on any atom is -0.464 e. The third kappa shape index (κ3) is 6.83. The Balaban J connectivity index is 1.44. The van der Waals surface area contributed by atoms with Gasteiger partial charge in [-0.2, -0.15) is 0 Å². The van der Waals surface area contributed by atoms with Crippen LogP contribution in [0.15, 0.2) is 77.2 Å². The van der Waals surface area contributed by atoms with Gasteiger partial charge in [-0.15, -0.1) is 0 Å². The summed E-state index contributed by atoms with van der Waals surface area (Å²) in [4.78, 5) is 16.8. The molecule has 1 atom stereocenters. The van der Waals surface area contributed by atoms with Gasteiger partial charge in [0, 0.05) is 18.0 Å². The lowest BCUT2D eigenvalue weighted by atomic mass is 10.1. The Bertz CT molecular complexity index is 948. The van der Waals surface area contributed by atoms with Gasteiger partial charge in [-0.3, -0.25) is 4.79 Å². The molecule has 4 heteroatoms. The number of furan rings is 1. The number of amides is 1. The normalized spacial score (nSPS) is 14.4. The molecule has 31 heavy (non-hydrogen) atoms. The predicted molar refractivity (Wildman–Crippen MR) is 123 cm³/mol. The van der Waals surface area contributed by atoms with Crippen LogP contribution in [0.2, 0.25) is 0 Å². The molecule has 4 nitrogen and oxygen atoms in total. The molecule has 1 amide bonds. The smallest absolute Gasteiger partial charge is 0.278 e. The standard InChI is InChI=1S/C27H32N2O2/c1-22-12-15-26(31-22)20-29(17-16-23-8-4-2-5-9-23)27(30)21-28(19-25-13-14-25)18-24-10-6-3-7-11-24/h2-12,15,25H,13-14,16-21H2,1H3/p+1. The lowest BCUT2D eigenvalue weighted by Gasteiger charge is -2.25. The molecule has 1 heterocycles. The molecule has 1 aliphatic carbocycles. The zero-order chi connectivity index (χ0) is 21.5. The third-order valence-electron chi connectivity index (χ3n) is 5.98. The summed E-state index contributed by atoms with van der Waals surface area (Å²) in [6, 6.07) is 24.9. The van der Waals surface area contributed by atoms with Crippen molar-refractivity contribution in [2.24, 2.45) is 5.92 Å². The molecule has 1 aromatic heterocycles. The highest BCUT2D eigenvalue weighted by molar-refractivity contribution is 5.77. The Hall–Kier alpha value is -2.85. The highest BCUT2D eigenvalue weighted by atomic mass is 16.3. The summed E-state index contributed by atoms with van der Waals surface area (Å²) >= 11 is 0. The predicted octanol–water partition coefficient (Wildman–Crippen LogP) is 3.65. The van der Waals surface area contributed by atoms with Crippen molar-refractivity contribution in [3.8, 4) is 0 Å². The molecule has 1 aliphatic rings. The molecule has 1 saturated carbocycles. The fourth-order valence-corrected chi connectivity index (χ4v) is 4.11. The van der Waals surface area contributed by atoms with Crippen molar-refractivity contribution in [3.05, 3.63) is 95.4 Å². The first kappa shape index (κ1) is 21.4. The first-order chi connectivity index (χ1) is 15.2. The Morgan fingerprint density at radius 2 is 1.65 bits per heavy atom. The second kappa shape index (κ2) is 10.5. The topological polar surface area (TPSA) is 37.9 Å². The summed E-state index contributed by atoms with van der Waals surface area (Å²) in [6.45, 7) is 5.68. The van der Waals surface area contributed by atoms with E-state index in [1.165, 1.54) is 28.9 Å². The lowest BCUT2D eigenvalue weighted by Crippen LogP contribution is -3.12. The molecule has 0 aliphatic heterocycles. The fraction of sp³-hybridized carbons (Fsp3) is 0.370. The quantitative estimate of drug-likeness (QED) is 0.517. The first-order valence-electron chi connectivity index (χ1n) is 11.4. The highest BCUT2D eigenvalue weighted by Gasteiger charge is 2.29. The van der Waals surface area contributed by atoms with Gasteiger partial charge in [-0.05, 0) is 43.9 Å². The van der Waals surface area contributed by atoms with Gasteiger partial charge in [0.15, 0.2) is 6.54 Å². The van der Waals surface area contributed by atoms with Gasteiger partial charge in [0.05, 0.1) is 13.1 Å². The number of quaternary nitrogens is 1. The minimum absolute atomic E-state index is 0.205. The molecule has 4 rings (SSSR count). The number of hydrogen-bond donors (Lipinski definition) is 1. The number of rotatable bonds is 11. The molecule has 2 aromatic carbocycles. The first-order valence-corrected chi connectivity index (χ1v) is 11.4. The molecular formula is C27H33N2O2+. The van der Waals surface area contributed by atoms with Crippen molar-refractivity contribution in [1.82, 2.24) is 4.90 Å². The van der Waals surface area contributed by atoms with E-state index in [0.717, 1.165) is 36.9 Å². The van der Waals surface area contributed by atoms with Crippen LogP contribution in [-0.2, 0) is 24.3 Å². The van der Waals surface area contributed by atoms with Crippen molar-refractivity contribution in [1.29, 1.82) is 0 Å². The number of nitrogens with one attached hydrogen (secondary N) is 1. The second-order valence-corrected chi connectivity index (χ2v) is 8.80. The number of carbonyl (C=O) groups is 1. The van der Waals surface area contributed by atoms with E-state index < -0.39 is 0 Å². The number of benzene rings is 2. The van der Waals surface area contributed by atoms with E-state index in [0.29, 0.717) is 19.6 Å². The van der Waals surface area contributed by atoms with Gasteiger partial charge in [0.1, 0.15) is 18.1 Å². The molecule has 1 fully saturated rings. The van der Waals surface area contributed by atoms with Gasteiger partial charge < -0.3 is 14.2 Å². The molecule has 1 N–H and O–H groups in total. The van der Waals surface area contributed by atoms with Gasteiger partial charge in [-0.1, -0.05) is 60.7 Å². The fourth-order valence-electron chi connectivity index (χ4n) is 4.11. The highest BCUT2D eigenvalue weighted by Crippen LogP contribution is 2.26. The summed E-state index contributed by atoms with van der Waals surface area (Å²) in [5, 5.41) is 0. The molecular weight excluding hydrogens is 384 g/mol. The summed E-state index contributed by atoms with van der Waals surface area (Å²) in [6.07, 6.45) is 3.45. The molecule has 0 spiro atoms. The van der Waals surface area contributed by atoms with E-state index >= 15 is 0 Å². The maximum atomic E-state index is 13.4. The minimum atomic E-state index is 0.205. The summed E-state index contributed by atoms with van der Waals surface area (Å²) in [5.41, 5.74) is 2.55. The SMILES string of the molecule is Cc1ccc(CN(CCc2ccccc2)C(=O)C[NH+](Cc2ccccc2)CC2CC2)o1. The molecule has 0 saturated heterocycles. The zero-order valence-corrected chi connectivity index (χ0v) is 18.4. The van der Waals surface area contributed by atoms with Crippen molar-refractivity contribution in [2.75, 3.05) is 19.6 Å². The van der Waals surface area contributed by atoms with Crippen LogP contribution >= 0.6 is 0 Å². The molecule has 1 unspecified atom stereocenters. The van der Waals surface area contributed by atoms with Crippen LogP contribution < -0.4 is 4.90 Å². The Labute approximate surface area is 185 Å². The van der Waals surface area contributed by atoms with Crippen LogP contribution in [-0.4, -0.2) is 30.4 Å². The van der Waals surface area contributed by atoms with Crippen LogP contribution in [0.25, 0.3) is 0 Å². The van der Waals surface area contributed by atoms with Crippen molar-refractivity contribution >= 4 is 5.91 Å². The summed E-state index contributed by atoms with van der Waals surface area (Å²) < 4.78 is 5.79. The van der Waals surface area contributed by atoms with Gasteiger partial charge in [-0.25, -0.2) is 0 Å². The monoisotopic (exact) mass is 417 g/mol. The largest absolute Gasteiger partial charge is 0.464 e.